The molecule has 2 heterocycles. The Balaban J connectivity index is 1.78. The minimum Gasteiger partial charge on any atom is -0.495 e. The molecule has 0 bridgehead atoms. The van der Waals surface area contributed by atoms with Crippen molar-refractivity contribution in [3.05, 3.63) is 53.3 Å². The summed E-state index contributed by atoms with van der Waals surface area (Å²) in [7, 11) is 1.64. The summed E-state index contributed by atoms with van der Waals surface area (Å²) < 4.78 is 11.4. The lowest BCUT2D eigenvalue weighted by atomic mass is 9.84. The van der Waals surface area contributed by atoms with E-state index in [1.165, 1.54) is 11.1 Å². The largest absolute Gasteiger partial charge is 0.495 e. The van der Waals surface area contributed by atoms with Gasteiger partial charge in [0.15, 0.2) is 0 Å². The molecular weight excluding hydrogens is 376 g/mol. The van der Waals surface area contributed by atoms with Crippen molar-refractivity contribution in [2.75, 3.05) is 13.7 Å². The van der Waals surface area contributed by atoms with E-state index in [1.54, 1.807) is 13.3 Å². The molecule has 0 saturated carbocycles. The van der Waals surface area contributed by atoms with Gasteiger partial charge < -0.3 is 14.4 Å². The fourth-order valence-electron chi connectivity index (χ4n) is 4.15. The Kier molecular flexibility index (Phi) is 6.69. The van der Waals surface area contributed by atoms with Crippen LogP contribution in [0, 0.1) is 11.3 Å². The zero-order valence-electron chi connectivity index (χ0n) is 19.1. The zero-order valence-corrected chi connectivity index (χ0v) is 19.1. The third-order valence-electron chi connectivity index (χ3n) is 5.47. The second kappa shape index (κ2) is 9.07. The number of pyridine rings is 1. The van der Waals surface area contributed by atoms with Gasteiger partial charge in [-0.05, 0) is 53.1 Å². The molecule has 0 saturated heterocycles. The molecule has 1 aliphatic rings. The van der Waals surface area contributed by atoms with E-state index in [-0.39, 0.29) is 17.4 Å². The standard InChI is InChI=1S/C25H34N2O3/c1-17(2)24-20-10-9-19(30-16-21-22(29-6)8-7-12-26-21)14-18(20)11-13-27(24)23(28)15-25(3,4)5/h7-10,12,14,17,24H,11,13,15-16H2,1-6H3/t24-/m0/s1. The first kappa shape index (κ1) is 22.1. The van der Waals surface area contributed by atoms with Crippen molar-refractivity contribution in [2.24, 2.45) is 11.3 Å². The number of ether oxygens (including phenoxy) is 2. The minimum absolute atomic E-state index is 0.0108. The Hall–Kier alpha value is -2.56. The van der Waals surface area contributed by atoms with Gasteiger partial charge in [0, 0.05) is 19.2 Å². The molecule has 0 aliphatic carbocycles. The average Bonchev–Trinajstić information content (AvgIpc) is 2.69. The van der Waals surface area contributed by atoms with Gasteiger partial charge in [-0.1, -0.05) is 40.7 Å². The topological polar surface area (TPSA) is 51.7 Å². The summed E-state index contributed by atoms with van der Waals surface area (Å²) in [5, 5.41) is 0. The summed E-state index contributed by atoms with van der Waals surface area (Å²) in [4.78, 5) is 19.4. The molecule has 5 heteroatoms. The van der Waals surface area contributed by atoms with Crippen LogP contribution in [0.25, 0.3) is 0 Å². The quantitative estimate of drug-likeness (QED) is 0.658. The number of carbonyl (C=O) groups excluding carboxylic acids is 1. The highest BCUT2D eigenvalue weighted by molar-refractivity contribution is 5.78. The van der Waals surface area contributed by atoms with E-state index in [4.69, 9.17) is 9.47 Å². The van der Waals surface area contributed by atoms with Gasteiger partial charge >= 0.3 is 0 Å². The molecule has 3 rings (SSSR count). The lowest BCUT2D eigenvalue weighted by Gasteiger charge is -2.41. The molecule has 0 N–H and O–H groups in total. The molecule has 30 heavy (non-hydrogen) atoms. The number of methoxy groups -OCH3 is 1. The van der Waals surface area contributed by atoms with Crippen LogP contribution in [0.15, 0.2) is 36.5 Å². The summed E-state index contributed by atoms with van der Waals surface area (Å²) in [6, 6.07) is 10.1. The predicted octanol–water partition coefficient (Wildman–Crippen LogP) is 5.19. The summed E-state index contributed by atoms with van der Waals surface area (Å²) in [5.74, 6) is 2.13. The van der Waals surface area contributed by atoms with E-state index < -0.39 is 0 Å². The summed E-state index contributed by atoms with van der Waals surface area (Å²) >= 11 is 0. The second-order valence-corrected chi connectivity index (χ2v) is 9.57. The number of aromatic nitrogens is 1. The Labute approximate surface area is 180 Å². The molecule has 5 nitrogen and oxygen atoms in total. The maximum Gasteiger partial charge on any atom is 0.223 e. The molecule has 1 aliphatic heterocycles. The van der Waals surface area contributed by atoms with Crippen molar-refractivity contribution < 1.29 is 14.3 Å². The van der Waals surface area contributed by atoms with Crippen LogP contribution in [0.5, 0.6) is 11.5 Å². The van der Waals surface area contributed by atoms with E-state index in [9.17, 15) is 4.79 Å². The molecule has 1 aromatic carbocycles. The molecular formula is C25H34N2O3. The van der Waals surface area contributed by atoms with Crippen LogP contribution in [-0.2, 0) is 17.8 Å². The highest BCUT2D eigenvalue weighted by Crippen LogP contribution is 2.38. The smallest absolute Gasteiger partial charge is 0.223 e. The van der Waals surface area contributed by atoms with Gasteiger partial charge in [-0.25, -0.2) is 0 Å². The molecule has 162 valence electrons. The lowest BCUT2D eigenvalue weighted by Crippen LogP contribution is -2.43. The number of benzene rings is 1. The van der Waals surface area contributed by atoms with E-state index in [0.717, 1.165) is 30.2 Å². The minimum atomic E-state index is -0.0108. The van der Waals surface area contributed by atoms with E-state index >= 15 is 0 Å². The number of hydrogen-bond acceptors (Lipinski definition) is 4. The number of carbonyl (C=O) groups is 1. The van der Waals surface area contributed by atoms with Gasteiger partial charge in [-0.3, -0.25) is 9.78 Å². The Morgan fingerprint density at radius 1 is 1.27 bits per heavy atom. The molecule has 0 radical (unpaired) electrons. The van der Waals surface area contributed by atoms with Crippen LogP contribution < -0.4 is 9.47 Å². The Morgan fingerprint density at radius 3 is 2.70 bits per heavy atom. The van der Waals surface area contributed by atoms with E-state index in [2.05, 4.69) is 56.6 Å². The number of nitrogens with zero attached hydrogens (tertiary/aromatic N) is 2. The van der Waals surface area contributed by atoms with Crippen LogP contribution in [0.4, 0.5) is 0 Å². The van der Waals surface area contributed by atoms with Gasteiger partial charge in [0.1, 0.15) is 23.8 Å². The highest BCUT2D eigenvalue weighted by atomic mass is 16.5. The number of rotatable bonds is 6. The molecule has 1 aromatic heterocycles. The van der Waals surface area contributed by atoms with Gasteiger partial charge in [0.05, 0.1) is 13.2 Å². The lowest BCUT2D eigenvalue weighted by molar-refractivity contribution is -0.137. The maximum atomic E-state index is 13.0. The zero-order chi connectivity index (χ0) is 21.9. The summed E-state index contributed by atoms with van der Waals surface area (Å²) in [6.07, 6.45) is 3.15. The van der Waals surface area contributed by atoms with Gasteiger partial charge in [-0.2, -0.15) is 0 Å². The molecule has 0 fully saturated rings. The maximum absolute atomic E-state index is 13.0. The summed E-state index contributed by atoms with van der Waals surface area (Å²) in [5.41, 5.74) is 3.26. The van der Waals surface area contributed by atoms with Gasteiger partial charge in [-0.15, -0.1) is 0 Å². The van der Waals surface area contributed by atoms with Crippen LogP contribution in [0.3, 0.4) is 0 Å². The SMILES string of the molecule is COc1cccnc1COc1ccc2c(c1)CCN(C(=O)CC(C)(C)C)[C@H]2C(C)C. The second-order valence-electron chi connectivity index (χ2n) is 9.57. The first-order valence-electron chi connectivity index (χ1n) is 10.7. The molecule has 1 atom stereocenters. The van der Waals surface area contributed by atoms with Crippen LogP contribution in [0.2, 0.25) is 0 Å². The van der Waals surface area contributed by atoms with Gasteiger partial charge in [0.2, 0.25) is 5.91 Å². The molecule has 0 spiro atoms. The Morgan fingerprint density at radius 2 is 2.03 bits per heavy atom. The van der Waals surface area contributed by atoms with Crippen molar-refractivity contribution in [1.29, 1.82) is 0 Å². The van der Waals surface area contributed by atoms with E-state index in [1.807, 2.05) is 18.2 Å². The normalized spacial score (nSPS) is 16.4. The van der Waals surface area contributed by atoms with Crippen molar-refractivity contribution >= 4 is 5.91 Å². The Bertz CT molecular complexity index is 886. The summed E-state index contributed by atoms with van der Waals surface area (Å²) in [6.45, 7) is 11.8. The molecule has 1 amide bonds. The monoisotopic (exact) mass is 410 g/mol. The van der Waals surface area contributed by atoms with Crippen molar-refractivity contribution in [3.63, 3.8) is 0 Å². The molecule has 2 aromatic rings. The van der Waals surface area contributed by atoms with Crippen LogP contribution in [0.1, 0.15) is 63.9 Å². The number of amides is 1. The van der Waals surface area contributed by atoms with Crippen molar-refractivity contribution in [2.45, 2.75) is 60.1 Å². The predicted molar refractivity (Wildman–Crippen MR) is 119 cm³/mol. The van der Waals surface area contributed by atoms with Crippen LogP contribution >= 0.6 is 0 Å². The van der Waals surface area contributed by atoms with Gasteiger partial charge in [0.25, 0.3) is 0 Å². The van der Waals surface area contributed by atoms with Crippen molar-refractivity contribution in [3.8, 4) is 11.5 Å². The van der Waals surface area contributed by atoms with Crippen LogP contribution in [-0.4, -0.2) is 29.4 Å². The fraction of sp³-hybridized carbons (Fsp3) is 0.520. The number of fused-ring (bicyclic) bond motifs is 1. The van der Waals surface area contributed by atoms with E-state index in [0.29, 0.717) is 18.9 Å². The average molecular weight is 411 g/mol. The third kappa shape index (κ3) is 5.13. The highest BCUT2D eigenvalue weighted by Gasteiger charge is 2.34. The first-order chi connectivity index (χ1) is 14.2. The van der Waals surface area contributed by atoms with Crippen molar-refractivity contribution in [1.82, 2.24) is 9.88 Å². The fourth-order valence-corrected chi connectivity index (χ4v) is 4.15. The third-order valence-corrected chi connectivity index (χ3v) is 5.47. The number of hydrogen-bond donors (Lipinski definition) is 0. The first-order valence-corrected chi connectivity index (χ1v) is 10.7. The molecule has 0 unspecified atom stereocenters.